The molecule has 0 spiro atoms. The Kier molecular flexibility index (Phi) is 3.68. The maximum absolute atomic E-state index is 12.6. The molecule has 1 aromatic rings. The quantitative estimate of drug-likeness (QED) is 0.854. The fraction of sp³-hybridized carbons (Fsp3) is 0.400. The number of anilines is 1. The van der Waals surface area contributed by atoms with E-state index in [9.17, 15) is 14.4 Å². The van der Waals surface area contributed by atoms with Crippen molar-refractivity contribution in [3.8, 4) is 0 Å². The number of carbonyl (C=O) groups is 3. The molecule has 6 heteroatoms. The molecule has 2 fully saturated rings. The Hall–Kier alpha value is -1.88. The monoisotopic (exact) mass is 306 g/mol. The van der Waals surface area contributed by atoms with Crippen molar-refractivity contribution in [3.05, 3.63) is 29.3 Å². The highest BCUT2D eigenvalue weighted by Gasteiger charge is 2.45. The van der Waals surface area contributed by atoms with E-state index < -0.39 is 23.8 Å². The van der Waals surface area contributed by atoms with Crippen LogP contribution in [0.5, 0.6) is 0 Å². The number of imide groups is 2. The van der Waals surface area contributed by atoms with Crippen molar-refractivity contribution in [2.45, 2.75) is 25.7 Å². The number of rotatable bonds is 2. The summed E-state index contributed by atoms with van der Waals surface area (Å²) in [4.78, 5) is 37.7. The van der Waals surface area contributed by atoms with Crippen molar-refractivity contribution < 1.29 is 14.4 Å². The first-order valence-corrected chi connectivity index (χ1v) is 7.40. The summed E-state index contributed by atoms with van der Waals surface area (Å²) in [7, 11) is 0. The van der Waals surface area contributed by atoms with Gasteiger partial charge in [-0.1, -0.05) is 30.5 Å². The molecular formula is C15H15ClN2O3. The lowest BCUT2D eigenvalue weighted by atomic mass is 9.87. The Balaban J connectivity index is 1.94. The third kappa shape index (κ3) is 2.53. The number of nitrogens with one attached hydrogen (secondary N) is 1. The molecule has 3 rings (SSSR count). The third-order valence-corrected chi connectivity index (χ3v) is 4.37. The number of barbiturate groups is 1. The van der Waals surface area contributed by atoms with Gasteiger partial charge < -0.3 is 0 Å². The van der Waals surface area contributed by atoms with Crippen LogP contribution >= 0.6 is 11.6 Å². The fourth-order valence-electron chi connectivity index (χ4n) is 3.16. The highest BCUT2D eigenvalue weighted by Crippen LogP contribution is 2.35. The number of benzene rings is 1. The summed E-state index contributed by atoms with van der Waals surface area (Å²) in [6.45, 7) is 0. The van der Waals surface area contributed by atoms with Crippen LogP contribution in [-0.2, 0) is 9.59 Å². The number of hydrogen-bond donors (Lipinski definition) is 1. The van der Waals surface area contributed by atoms with Gasteiger partial charge >= 0.3 is 6.03 Å². The molecule has 1 saturated carbocycles. The molecule has 0 radical (unpaired) electrons. The van der Waals surface area contributed by atoms with Crippen LogP contribution < -0.4 is 10.2 Å². The largest absolute Gasteiger partial charge is 0.335 e. The number of halogens is 1. The van der Waals surface area contributed by atoms with E-state index in [-0.39, 0.29) is 5.92 Å². The zero-order valence-electron chi connectivity index (χ0n) is 11.3. The van der Waals surface area contributed by atoms with E-state index in [1.165, 1.54) is 0 Å². The third-order valence-electron chi connectivity index (χ3n) is 4.14. The van der Waals surface area contributed by atoms with Crippen LogP contribution in [0.25, 0.3) is 0 Å². The average molecular weight is 307 g/mol. The molecule has 21 heavy (non-hydrogen) atoms. The van der Waals surface area contributed by atoms with E-state index in [2.05, 4.69) is 5.32 Å². The van der Waals surface area contributed by atoms with E-state index in [1.54, 1.807) is 24.3 Å². The van der Waals surface area contributed by atoms with Gasteiger partial charge in [-0.2, -0.15) is 0 Å². The predicted octanol–water partition coefficient (Wildman–Crippen LogP) is 2.73. The van der Waals surface area contributed by atoms with E-state index in [1.807, 2.05) is 0 Å². The van der Waals surface area contributed by atoms with E-state index in [4.69, 9.17) is 11.6 Å². The molecule has 1 N–H and O–H groups in total. The van der Waals surface area contributed by atoms with Gasteiger partial charge in [0.05, 0.1) is 5.69 Å². The standard InChI is InChI=1S/C15H15ClN2O3/c16-10-6-3-7-11(8-10)18-14(20)12(9-4-1-2-5-9)13(19)17-15(18)21/h3,6-9,12H,1-2,4-5H2,(H,17,19,21). The Bertz CT molecular complexity index is 611. The van der Waals surface area contributed by atoms with E-state index in [0.29, 0.717) is 10.7 Å². The highest BCUT2D eigenvalue weighted by atomic mass is 35.5. The van der Waals surface area contributed by atoms with E-state index in [0.717, 1.165) is 30.6 Å². The molecule has 1 atom stereocenters. The number of amides is 4. The molecule has 1 unspecified atom stereocenters. The zero-order valence-corrected chi connectivity index (χ0v) is 12.1. The summed E-state index contributed by atoms with van der Waals surface area (Å²) in [6.07, 6.45) is 3.74. The molecule has 1 saturated heterocycles. The maximum Gasteiger partial charge on any atom is 0.335 e. The molecule has 2 aliphatic rings. The maximum atomic E-state index is 12.6. The topological polar surface area (TPSA) is 66.5 Å². The first-order valence-electron chi connectivity index (χ1n) is 7.02. The van der Waals surface area contributed by atoms with Crippen LogP contribution in [-0.4, -0.2) is 17.8 Å². The van der Waals surface area contributed by atoms with Gasteiger partial charge in [0.25, 0.3) is 0 Å². The molecule has 0 bridgehead atoms. The Morgan fingerprint density at radius 1 is 1.14 bits per heavy atom. The van der Waals surface area contributed by atoms with Crippen LogP contribution in [0.2, 0.25) is 5.02 Å². The first-order chi connectivity index (χ1) is 10.1. The second-order valence-electron chi connectivity index (χ2n) is 5.47. The lowest BCUT2D eigenvalue weighted by Crippen LogP contribution is -2.59. The molecular weight excluding hydrogens is 292 g/mol. The van der Waals surface area contributed by atoms with Crippen molar-refractivity contribution in [1.82, 2.24) is 5.32 Å². The summed E-state index contributed by atoms with van der Waals surface area (Å²) in [5, 5.41) is 2.72. The molecule has 0 aromatic heterocycles. The predicted molar refractivity (Wildman–Crippen MR) is 77.9 cm³/mol. The van der Waals surface area contributed by atoms with Crippen LogP contribution in [0.15, 0.2) is 24.3 Å². The van der Waals surface area contributed by atoms with Gasteiger partial charge in [-0.15, -0.1) is 0 Å². The van der Waals surface area contributed by atoms with E-state index >= 15 is 0 Å². The normalized spacial score (nSPS) is 23.6. The van der Waals surface area contributed by atoms with Crippen LogP contribution in [0.3, 0.4) is 0 Å². The minimum absolute atomic E-state index is 0.0206. The second-order valence-corrected chi connectivity index (χ2v) is 5.91. The SMILES string of the molecule is O=C1NC(=O)N(c2cccc(Cl)c2)C(=O)C1C1CCCC1. The van der Waals surface area contributed by atoms with Crippen LogP contribution in [0.4, 0.5) is 10.5 Å². The van der Waals surface area contributed by atoms with Crippen LogP contribution in [0.1, 0.15) is 25.7 Å². The lowest BCUT2D eigenvalue weighted by molar-refractivity contribution is -0.136. The Morgan fingerprint density at radius 3 is 2.52 bits per heavy atom. The molecule has 110 valence electrons. The smallest absolute Gasteiger partial charge is 0.277 e. The van der Waals surface area contributed by atoms with Gasteiger partial charge in [0.2, 0.25) is 11.8 Å². The number of hydrogen-bond acceptors (Lipinski definition) is 3. The van der Waals surface area contributed by atoms with Crippen molar-refractivity contribution in [2.24, 2.45) is 11.8 Å². The molecule has 1 heterocycles. The van der Waals surface area contributed by atoms with Crippen molar-refractivity contribution in [2.75, 3.05) is 4.90 Å². The van der Waals surface area contributed by atoms with Gasteiger partial charge in [-0.3, -0.25) is 14.9 Å². The molecule has 1 aromatic carbocycles. The second kappa shape index (κ2) is 5.48. The lowest BCUT2D eigenvalue weighted by Gasteiger charge is -2.32. The fourth-order valence-corrected chi connectivity index (χ4v) is 3.34. The highest BCUT2D eigenvalue weighted by molar-refractivity contribution is 6.32. The summed E-state index contributed by atoms with van der Waals surface area (Å²) in [5.41, 5.74) is 0.389. The minimum atomic E-state index is -0.774. The Labute approximate surface area is 127 Å². The average Bonchev–Trinajstić information content (AvgIpc) is 2.92. The van der Waals surface area contributed by atoms with Crippen molar-refractivity contribution in [3.63, 3.8) is 0 Å². The molecule has 1 aliphatic carbocycles. The van der Waals surface area contributed by atoms with Crippen molar-refractivity contribution in [1.29, 1.82) is 0 Å². The van der Waals surface area contributed by atoms with Gasteiger partial charge in [0.15, 0.2) is 0 Å². The zero-order chi connectivity index (χ0) is 15.0. The summed E-state index contributed by atoms with van der Waals surface area (Å²) >= 11 is 5.92. The van der Waals surface area contributed by atoms with Crippen molar-refractivity contribution >= 4 is 35.1 Å². The van der Waals surface area contributed by atoms with Gasteiger partial charge in [0.1, 0.15) is 5.92 Å². The summed E-state index contributed by atoms with van der Waals surface area (Å²) < 4.78 is 0. The summed E-state index contributed by atoms with van der Waals surface area (Å²) in [5.74, 6) is -1.68. The van der Waals surface area contributed by atoms with Gasteiger partial charge in [0, 0.05) is 5.02 Å². The summed E-state index contributed by atoms with van der Waals surface area (Å²) in [6, 6.07) is 5.79. The number of carbonyl (C=O) groups excluding carboxylic acids is 3. The molecule has 1 aliphatic heterocycles. The first kappa shape index (κ1) is 14.1. The molecule has 5 nitrogen and oxygen atoms in total. The Morgan fingerprint density at radius 2 is 1.86 bits per heavy atom. The van der Waals surface area contributed by atoms with Gasteiger partial charge in [-0.25, -0.2) is 9.69 Å². The van der Waals surface area contributed by atoms with Gasteiger partial charge in [-0.05, 0) is 37.0 Å². The molecule has 4 amide bonds. The number of urea groups is 1. The minimum Gasteiger partial charge on any atom is -0.277 e. The van der Waals surface area contributed by atoms with Crippen LogP contribution in [0, 0.1) is 11.8 Å². The number of nitrogens with zero attached hydrogens (tertiary/aromatic N) is 1.